The first-order valence-electron chi connectivity index (χ1n) is 9.15. The van der Waals surface area contributed by atoms with E-state index in [2.05, 4.69) is 25.3 Å². The molecule has 0 aliphatic carbocycles. The molecular formula is C19H16F3N5O5S. The van der Waals surface area contributed by atoms with E-state index in [1.165, 1.54) is 14.2 Å². The van der Waals surface area contributed by atoms with Gasteiger partial charge in [0.05, 0.1) is 32.1 Å². The van der Waals surface area contributed by atoms with E-state index < -0.39 is 23.6 Å². The van der Waals surface area contributed by atoms with Crippen LogP contribution in [-0.2, 0) is 10.9 Å². The van der Waals surface area contributed by atoms with Crippen molar-refractivity contribution in [3.05, 3.63) is 40.7 Å². The Morgan fingerprint density at radius 3 is 2.27 bits per heavy atom. The van der Waals surface area contributed by atoms with E-state index in [9.17, 15) is 22.8 Å². The molecule has 0 unspecified atom stereocenters. The molecule has 3 heterocycles. The standard InChI is InChI=1S/C19H16F3N5O5S/c1-4-32-17(29)13-12(10-6-5-9(7-23-10)19(20,21)22)26-18(33-13)27-14(28)11-15(30-2)24-8-25-16(11)31-3/h5-8H,4H2,1-3H3,(H,26,27,28). The molecule has 0 bridgehead atoms. The van der Waals surface area contributed by atoms with Crippen molar-refractivity contribution in [1.82, 2.24) is 19.9 Å². The van der Waals surface area contributed by atoms with Gasteiger partial charge in [-0.3, -0.25) is 15.1 Å². The number of hydrogen-bond acceptors (Lipinski definition) is 10. The van der Waals surface area contributed by atoms with E-state index in [0.717, 1.165) is 29.8 Å². The summed E-state index contributed by atoms with van der Waals surface area (Å²) in [6.45, 7) is 1.64. The molecule has 3 aromatic heterocycles. The lowest BCUT2D eigenvalue weighted by atomic mass is 10.2. The highest BCUT2D eigenvalue weighted by Crippen LogP contribution is 2.34. The quantitative estimate of drug-likeness (QED) is 0.503. The van der Waals surface area contributed by atoms with Gasteiger partial charge >= 0.3 is 12.1 Å². The minimum absolute atomic E-state index is 0.0130. The van der Waals surface area contributed by atoms with E-state index in [-0.39, 0.29) is 45.3 Å². The van der Waals surface area contributed by atoms with Crippen LogP contribution in [0.2, 0.25) is 0 Å². The van der Waals surface area contributed by atoms with Gasteiger partial charge in [-0.15, -0.1) is 0 Å². The van der Waals surface area contributed by atoms with Crippen LogP contribution in [0.1, 0.15) is 32.5 Å². The number of hydrogen-bond donors (Lipinski definition) is 1. The molecule has 1 N–H and O–H groups in total. The van der Waals surface area contributed by atoms with Crippen LogP contribution in [-0.4, -0.2) is 52.6 Å². The summed E-state index contributed by atoms with van der Waals surface area (Å²) in [7, 11) is 2.60. The maximum absolute atomic E-state index is 12.9. The number of carbonyl (C=O) groups is 2. The number of anilines is 1. The van der Waals surface area contributed by atoms with Crippen LogP contribution < -0.4 is 14.8 Å². The van der Waals surface area contributed by atoms with E-state index in [0.29, 0.717) is 6.20 Å². The van der Waals surface area contributed by atoms with Crippen LogP contribution in [0.3, 0.4) is 0 Å². The molecule has 1 amide bonds. The van der Waals surface area contributed by atoms with Crippen molar-refractivity contribution in [2.45, 2.75) is 13.1 Å². The summed E-state index contributed by atoms with van der Waals surface area (Å²) >= 11 is 0.760. The van der Waals surface area contributed by atoms with Crippen molar-refractivity contribution in [2.75, 3.05) is 26.1 Å². The predicted octanol–water partition coefficient (Wildman–Crippen LogP) is 3.46. The number of esters is 1. The lowest BCUT2D eigenvalue weighted by molar-refractivity contribution is -0.137. The molecule has 0 atom stereocenters. The first-order valence-corrected chi connectivity index (χ1v) is 9.97. The first kappa shape index (κ1) is 23.8. The fourth-order valence-corrected chi connectivity index (χ4v) is 3.46. The predicted molar refractivity (Wildman–Crippen MR) is 109 cm³/mol. The van der Waals surface area contributed by atoms with Crippen molar-refractivity contribution in [2.24, 2.45) is 0 Å². The van der Waals surface area contributed by atoms with Gasteiger partial charge in [0.25, 0.3) is 5.91 Å². The summed E-state index contributed by atoms with van der Waals surface area (Å²) in [5.74, 6) is -1.65. The van der Waals surface area contributed by atoms with Crippen LogP contribution in [0, 0.1) is 0 Å². The van der Waals surface area contributed by atoms with Crippen LogP contribution >= 0.6 is 11.3 Å². The molecule has 33 heavy (non-hydrogen) atoms. The maximum atomic E-state index is 12.9. The normalized spacial score (nSPS) is 11.1. The molecule has 0 spiro atoms. The lowest BCUT2D eigenvalue weighted by Gasteiger charge is -2.09. The topological polar surface area (TPSA) is 125 Å². The summed E-state index contributed by atoms with van der Waals surface area (Å²) in [5.41, 5.74) is -1.15. The highest BCUT2D eigenvalue weighted by Gasteiger charge is 2.31. The van der Waals surface area contributed by atoms with E-state index in [4.69, 9.17) is 14.2 Å². The largest absolute Gasteiger partial charge is 0.480 e. The maximum Gasteiger partial charge on any atom is 0.417 e. The van der Waals surface area contributed by atoms with E-state index in [1.54, 1.807) is 6.92 Å². The molecule has 0 aromatic carbocycles. The van der Waals surface area contributed by atoms with Gasteiger partial charge in [-0.2, -0.15) is 13.2 Å². The average molecular weight is 483 g/mol. The molecule has 0 aliphatic heterocycles. The summed E-state index contributed by atoms with van der Waals surface area (Å²) in [5, 5.41) is 2.44. The van der Waals surface area contributed by atoms with Crippen LogP contribution in [0.15, 0.2) is 24.7 Å². The van der Waals surface area contributed by atoms with E-state index >= 15 is 0 Å². The van der Waals surface area contributed by atoms with Crippen molar-refractivity contribution < 1.29 is 37.0 Å². The fraction of sp³-hybridized carbons (Fsp3) is 0.263. The van der Waals surface area contributed by atoms with E-state index in [1.807, 2.05) is 0 Å². The van der Waals surface area contributed by atoms with Crippen LogP contribution in [0.4, 0.5) is 18.3 Å². The number of ether oxygens (including phenoxy) is 3. The number of alkyl halides is 3. The number of rotatable bonds is 7. The molecule has 174 valence electrons. The van der Waals surface area contributed by atoms with Gasteiger partial charge in [-0.05, 0) is 19.1 Å². The third-order valence-corrected chi connectivity index (χ3v) is 4.98. The van der Waals surface area contributed by atoms with Crippen molar-refractivity contribution in [3.8, 4) is 23.1 Å². The molecule has 0 fully saturated rings. The molecule has 0 aliphatic rings. The Morgan fingerprint density at radius 2 is 1.76 bits per heavy atom. The third-order valence-electron chi connectivity index (χ3n) is 4.03. The number of halogens is 3. The number of aromatic nitrogens is 4. The zero-order chi connectivity index (χ0) is 24.2. The van der Waals surface area contributed by atoms with Crippen LogP contribution in [0.5, 0.6) is 11.8 Å². The van der Waals surface area contributed by atoms with Gasteiger partial charge in [0, 0.05) is 6.20 Å². The molecule has 3 rings (SSSR count). The van der Waals surface area contributed by atoms with Gasteiger partial charge in [0.2, 0.25) is 11.8 Å². The zero-order valence-corrected chi connectivity index (χ0v) is 18.2. The molecule has 0 saturated carbocycles. The smallest absolute Gasteiger partial charge is 0.417 e. The summed E-state index contributed by atoms with van der Waals surface area (Å²) in [6, 6.07) is 1.88. The summed E-state index contributed by atoms with van der Waals surface area (Å²) in [6.07, 6.45) is -2.81. The fourth-order valence-electron chi connectivity index (χ4n) is 2.60. The molecular weight excluding hydrogens is 467 g/mol. The Morgan fingerprint density at radius 1 is 1.09 bits per heavy atom. The number of carbonyl (C=O) groups excluding carboxylic acids is 2. The first-order chi connectivity index (χ1) is 15.7. The monoisotopic (exact) mass is 483 g/mol. The second kappa shape index (κ2) is 9.77. The zero-order valence-electron chi connectivity index (χ0n) is 17.4. The Balaban J connectivity index is 2.00. The molecule has 0 saturated heterocycles. The van der Waals surface area contributed by atoms with Crippen molar-refractivity contribution in [3.63, 3.8) is 0 Å². The number of nitrogens with zero attached hydrogens (tertiary/aromatic N) is 4. The number of methoxy groups -OCH3 is 2. The van der Waals surface area contributed by atoms with Gasteiger partial charge < -0.3 is 14.2 Å². The number of thiazole rings is 1. The van der Waals surface area contributed by atoms with Gasteiger partial charge in [0.1, 0.15) is 16.9 Å². The SMILES string of the molecule is CCOC(=O)c1sc(NC(=O)c2c(OC)ncnc2OC)nc1-c1ccc(C(F)(F)F)cn1. The Bertz CT molecular complexity index is 1150. The third kappa shape index (κ3) is 5.16. The average Bonchev–Trinajstić information content (AvgIpc) is 3.21. The highest BCUT2D eigenvalue weighted by atomic mass is 32.1. The summed E-state index contributed by atoms with van der Waals surface area (Å²) in [4.78, 5) is 40.8. The molecule has 14 heteroatoms. The minimum atomic E-state index is -4.58. The number of nitrogens with one attached hydrogen (secondary N) is 1. The molecule has 3 aromatic rings. The Kier molecular flexibility index (Phi) is 7.06. The highest BCUT2D eigenvalue weighted by molar-refractivity contribution is 7.18. The second-order valence-electron chi connectivity index (χ2n) is 6.07. The van der Waals surface area contributed by atoms with Crippen LogP contribution in [0.25, 0.3) is 11.4 Å². The second-order valence-corrected chi connectivity index (χ2v) is 7.07. The molecule has 10 nitrogen and oxygen atoms in total. The van der Waals surface area contributed by atoms with Gasteiger partial charge in [-0.25, -0.2) is 19.7 Å². The molecule has 0 radical (unpaired) electrons. The number of pyridine rings is 1. The lowest BCUT2D eigenvalue weighted by Crippen LogP contribution is -2.16. The van der Waals surface area contributed by atoms with Crippen molar-refractivity contribution >= 4 is 28.3 Å². The Labute approximate surface area is 188 Å². The van der Waals surface area contributed by atoms with Gasteiger partial charge in [0.15, 0.2) is 10.7 Å². The number of amides is 1. The minimum Gasteiger partial charge on any atom is -0.480 e. The van der Waals surface area contributed by atoms with Crippen molar-refractivity contribution in [1.29, 1.82) is 0 Å². The summed E-state index contributed by atoms with van der Waals surface area (Å²) < 4.78 is 53.7. The Hall–Kier alpha value is -3.81. The van der Waals surface area contributed by atoms with Gasteiger partial charge in [-0.1, -0.05) is 11.3 Å².